The van der Waals surface area contributed by atoms with Gasteiger partial charge in [0.1, 0.15) is 0 Å². The van der Waals surface area contributed by atoms with Crippen molar-refractivity contribution in [2.45, 2.75) is 19.5 Å². The largest absolute Gasteiger partial charge is 0.416 e. The quantitative estimate of drug-likeness (QED) is 0.530. The van der Waals surface area contributed by atoms with E-state index in [1.807, 2.05) is 0 Å². The Bertz CT molecular complexity index is 141. The minimum absolute atomic E-state index is 0.376. The molecule has 0 heterocycles. The molecule has 0 amide bonds. The van der Waals surface area contributed by atoms with E-state index in [0.29, 0.717) is 6.42 Å². The molecule has 10 heavy (non-hydrogen) atoms. The molecule has 0 aliphatic rings. The molecule has 0 aromatic heterocycles. The molecule has 0 N–H and O–H groups in total. The third kappa shape index (κ3) is 2.71. The molecule has 3 heteroatoms. The van der Waals surface area contributed by atoms with Crippen molar-refractivity contribution in [1.82, 2.24) is 0 Å². The Hall–Kier alpha value is -0.730. The fourth-order valence-corrected chi connectivity index (χ4v) is 0.535. The molecule has 0 fully saturated rings. The monoisotopic (exact) mass is 150 g/mol. The SMILES string of the molecule is C=C/C(=C\CC)C(F)(F)F. The first-order valence-corrected chi connectivity index (χ1v) is 2.92. The molecule has 0 unspecified atom stereocenters. The summed E-state index contributed by atoms with van der Waals surface area (Å²) < 4.78 is 35.3. The Morgan fingerprint density at radius 1 is 1.50 bits per heavy atom. The molecule has 0 bridgehead atoms. The molecule has 58 valence electrons. The van der Waals surface area contributed by atoms with Gasteiger partial charge in [-0.1, -0.05) is 25.7 Å². The summed E-state index contributed by atoms with van der Waals surface area (Å²) in [5, 5.41) is 0. The molecule has 0 rings (SSSR count). The standard InChI is InChI=1S/C7H9F3/c1-3-5-6(4-2)7(8,9)10/h4-5H,2-3H2,1H3/b6-5+. The van der Waals surface area contributed by atoms with Crippen LogP contribution in [0.15, 0.2) is 24.3 Å². The van der Waals surface area contributed by atoms with Crippen LogP contribution in [0.4, 0.5) is 13.2 Å². The molecule has 0 radical (unpaired) electrons. The molecule has 0 atom stereocenters. The summed E-state index contributed by atoms with van der Waals surface area (Å²) in [6, 6.07) is 0. The summed E-state index contributed by atoms with van der Waals surface area (Å²) in [6.45, 7) is 4.71. The average molecular weight is 150 g/mol. The highest BCUT2D eigenvalue weighted by atomic mass is 19.4. The lowest BCUT2D eigenvalue weighted by atomic mass is 10.2. The van der Waals surface area contributed by atoms with Crippen LogP contribution in [-0.4, -0.2) is 6.18 Å². The van der Waals surface area contributed by atoms with Gasteiger partial charge in [-0.2, -0.15) is 13.2 Å². The normalized spacial score (nSPS) is 13.4. The Labute approximate surface area is 58.0 Å². The zero-order valence-corrected chi connectivity index (χ0v) is 5.70. The van der Waals surface area contributed by atoms with E-state index in [0.717, 1.165) is 12.2 Å². The van der Waals surface area contributed by atoms with Crippen molar-refractivity contribution in [3.63, 3.8) is 0 Å². The van der Waals surface area contributed by atoms with Gasteiger partial charge in [0.05, 0.1) is 5.57 Å². The highest BCUT2D eigenvalue weighted by molar-refractivity contribution is 5.21. The summed E-state index contributed by atoms with van der Waals surface area (Å²) in [4.78, 5) is 0. The van der Waals surface area contributed by atoms with Crippen molar-refractivity contribution in [1.29, 1.82) is 0 Å². The van der Waals surface area contributed by atoms with E-state index < -0.39 is 11.7 Å². The van der Waals surface area contributed by atoms with Gasteiger partial charge in [0.15, 0.2) is 0 Å². The number of hydrogen-bond acceptors (Lipinski definition) is 0. The van der Waals surface area contributed by atoms with Crippen molar-refractivity contribution in [2.75, 3.05) is 0 Å². The Balaban J connectivity index is 4.36. The van der Waals surface area contributed by atoms with E-state index in [4.69, 9.17) is 0 Å². The van der Waals surface area contributed by atoms with E-state index in [2.05, 4.69) is 6.58 Å². The smallest absolute Gasteiger partial charge is 0.166 e. The predicted molar refractivity (Wildman–Crippen MR) is 34.6 cm³/mol. The van der Waals surface area contributed by atoms with Crippen LogP contribution < -0.4 is 0 Å². The number of halogens is 3. The van der Waals surface area contributed by atoms with Crippen LogP contribution >= 0.6 is 0 Å². The van der Waals surface area contributed by atoms with Gasteiger partial charge < -0.3 is 0 Å². The van der Waals surface area contributed by atoms with Crippen LogP contribution in [0.5, 0.6) is 0 Å². The summed E-state index contributed by atoms with van der Waals surface area (Å²) in [5.74, 6) is 0. The maximum Gasteiger partial charge on any atom is 0.416 e. The van der Waals surface area contributed by atoms with Crippen LogP contribution in [0.2, 0.25) is 0 Å². The third-order valence-corrected chi connectivity index (χ3v) is 0.971. The lowest BCUT2D eigenvalue weighted by Gasteiger charge is -2.05. The van der Waals surface area contributed by atoms with Crippen LogP contribution in [0.1, 0.15) is 13.3 Å². The second-order valence-electron chi connectivity index (χ2n) is 1.77. The number of allylic oxidation sites excluding steroid dienone is 3. The average Bonchev–Trinajstić information content (AvgIpc) is 1.80. The van der Waals surface area contributed by atoms with Gasteiger partial charge in [0, 0.05) is 0 Å². The van der Waals surface area contributed by atoms with Gasteiger partial charge in [-0.05, 0) is 6.42 Å². The number of rotatable bonds is 2. The van der Waals surface area contributed by atoms with Crippen molar-refractivity contribution in [2.24, 2.45) is 0 Å². The second kappa shape index (κ2) is 3.44. The van der Waals surface area contributed by atoms with Crippen LogP contribution in [-0.2, 0) is 0 Å². The zero-order chi connectivity index (χ0) is 8.20. The van der Waals surface area contributed by atoms with Crippen molar-refractivity contribution >= 4 is 0 Å². The van der Waals surface area contributed by atoms with Crippen molar-refractivity contribution in [3.05, 3.63) is 24.3 Å². The number of hydrogen-bond donors (Lipinski definition) is 0. The van der Waals surface area contributed by atoms with E-state index in [-0.39, 0.29) is 0 Å². The molecule has 0 aromatic rings. The topological polar surface area (TPSA) is 0 Å². The highest BCUT2D eigenvalue weighted by Gasteiger charge is 2.30. The summed E-state index contributed by atoms with van der Waals surface area (Å²) in [7, 11) is 0. The van der Waals surface area contributed by atoms with Crippen LogP contribution in [0, 0.1) is 0 Å². The van der Waals surface area contributed by atoms with Crippen LogP contribution in [0.3, 0.4) is 0 Å². The third-order valence-electron chi connectivity index (χ3n) is 0.971. The first-order chi connectivity index (χ1) is 4.52. The zero-order valence-electron chi connectivity index (χ0n) is 5.70. The van der Waals surface area contributed by atoms with Crippen LogP contribution in [0.25, 0.3) is 0 Å². The molecule has 0 aliphatic carbocycles. The molecular formula is C7H9F3. The first-order valence-electron chi connectivity index (χ1n) is 2.92. The van der Waals surface area contributed by atoms with Gasteiger partial charge in [-0.25, -0.2) is 0 Å². The molecular weight excluding hydrogens is 141 g/mol. The second-order valence-corrected chi connectivity index (χ2v) is 1.77. The highest BCUT2D eigenvalue weighted by Crippen LogP contribution is 2.26. The lowest BCUT2D eigenvalue weighted by molar-refractivity contribution is -0.0883. The van der Waals surface area contributed by atoms with E-state index >= 15 is 0 Å². The van der Waals surface area contributed by atoms with E-state index in [1.165, 1.54) is 0 Å². The van der Waals surface area contributed by atoms with Gasteiger partial charge in [-0.15, -0.1) is 0 Å². The van der Waals surface area contributed by atoms with Gasteiger partial charge in [0.25, 0.3) is 0 Å². The minimum Gasteiger partial charge on any atom is -0.166 e. The van der Waals surface area contributed by atoms with Gasteiger partial charge in [-0.3, -0.25) is 0 Å². The maximum absolute atomic E-state index is 11.8. The Morgan fingerprint density at radius 2 is 2.00 bits per heavy atom. The number of alkyl halides is 3. The molecule has 0 spiro atoms. The molecule has 0 aliphatic heterocycles. The molecule has 0 saturated heterocycles. The van der Waals surface area contributed by atoms with E-state index in [9.17, 15) is 13.2 Å². The summed E-state index contributed by atoms with van der Waals surface area (Å²) in [5.41, 5.74) is -0.657. The van der Waals surface area contributed by atoms with Crippen molar-refractivity contribution in [3.8, 4) is 0 Å². The molecule has 0 aromatic carbocycles. The lowest BCUT2D eigenvalue weighted by Crippen LogP contribution is -2.09. The van der Waals surface area contributed by atoms with Gasteiger partial charge in [0.2, 0.25) is 0 Å². The molecule has 0 nitrogen and oxygen atoms in total. The predicted octanol–water partition coefficient (Wildman–Crippen LogP) is 3.07. The van der Waals surface area contributed by atoms with Gasteiger partial charge >= 0.3 is 6.18 Å². The fraction of sp³-hybridized carbons (Fsp3) is 0.429. The summed E-state index contributed by atoms with van der Waals surface area (Å²) >= 11 is 0. The van der Waals surface area contributed by atoms with Crippen molar-refractivity contribution < 1.29 is 13.2 Å². The summed E-state index contributed by atoms with van der Waals surface area (Å²) in [6.07, 6.45) is -1.94. The maximum atomic E-state index is 11.8. The minimum atomic E-state index is -4.24. The van der Waals surface area contributed by atoms with E-state index in [1.54, 1.807) is 6.92 Å². The Kier molecular flexibility index (Phi) is 3.19. The Morgan fingerprint density at radius 3 is 2.10 bits per heavy atom. The fourth-order valence-electron chi connectivity index (χ4n) is 0.535. The first kappa shape index (κ1) is 9.27. The molecule has 0 saturated carbocycles.